The van der Waals surface area contributed by atoms with Crippen molar-refractivity contribution in [2.24, 2.45) is 7.05 Å². The maximum absolute atomic E-state index is 5.69. The van der Waals surface area contributed by atoms with Crippen molar-refractivity contribution in [2.45, 2.75) is 13.8 Å². The molecule has 0 aromatic carbocycles. The van der Waals surface area contributed by atoms with Crippen LogP contribution in [0.1, 0.15) is 11.4 Å². The zero-order chi connectivity index (χ0) is 7.02. The van der Waals surface area contributed by atoms with Crippen molar-refractivity contribution in [3.63, 3.8) is 0 Å². The SMILES string of the molecule is Cc1nc(Cl)n(C)c1C. The lowest BCUT2D eigenvalue weighted by atomic mass is 10.4. The van der Waals surface area contributed by atoms with Gasteiger partial charge < -0.3 is 4.57 Å². The van der Waals surface area contributed by atoms with Crippen LogP contribution in [0.4, 0.5) is 0 Å². The van der Waals surface area contributed by atoms with E-state index in [1.807, 2.05) is 25.5 Å². The van der Waals surface area contributed by atoms with Crippen molar-refractivity contribution >= 4 is 11.6 Å². The van der Waals surface area contributed by atoms with Crippen LogP contribution in [-0.2, 0) is 7.05 Å². The van der Waals surface area contributed by atoms with E-state index in [0.717, 1.165) is 11.4 Å². The first-order chi connectivity index (χ1) is 4.13. The van der Waals surface area contributed by atoms with E-state index in [0.29, 0.717) is 5.28 Å². The van der Waals surface area contributed by atoms with Gasteiger partial charge in [0.2, 0.25) is 5.28 Å². The Morgan fingerprint density at radius 1 is 1.44 bits per heavy atom. The van der Waals surface area contributed by atoms with Gasteiger partial charge in [-0.05, 0) is 25.4 Å². The average molecular weight is 145 g/mol. The molecule has 0 atom stereocenters. The van der Waals surface area contributed by atoms with Gasteiger partial charge in [-0.25, -0.2) is 4.98 Å². The van der Waals surface area contributed by atoms with Crippen LogP contribution in [0.15, 0.2) is 0 Å². The number of aryl methyl sites for hydroxylation is 1. The zero-order valence-corrected chi connectivity index (χ0v) is 6.53. The predicted molar refractivity (Wildman–Crippen MR) is 37.7 cm³/mol. The molecule has 0 bridgehead atoms. The third-order valence-corrected chi connectivity index (χ3v) is 1.90. The number of halogens is 1. The summed E-state index contributed by atoms with van der Waals surface area (Å²) in [6.07, 6.45) is 0. The second kappa shape index (κ2) is 2.03. The maximum Gasteiger partial charge on any atom is 0.202 e. The number of imidazole rings is 1. The van der Waals surface area contributed by atoms with Crippen LogP contribution in [0.2, 0.25) is 5.28 Å². The molecule has 0 N–H and O–H groups in total. The molecule has 0 aliphatic rings. The largest absolute Gasteiger partial charge is 0.322 e. The van der Waals surface area contributed by atoms with Crippen LogP contribution in [-0.4, -0.2) is 9.55 Å². The quantitative estimate of drug-likeness (QED) is 0.542. The van der Waals surface area contributed by atoms with Gasteiger partial charge >= 0.3 is 0 Å². The molecule has 0 radical (unpaired) electrons. The van der Waals surface area contributed by atoms with Gasteiger partial charge in [-0.15, -0.1) is 0 Å². The van der Waals surface area contributed by atoms with Gasteiger partial charge in [0.15, 0.2) is 0 Å². The topological polar surface area (TPSA) is 17.8 Å². The monoisotopic (exact) mass is 144 g/mol. The molecule has 1 heterocycles. The Morgan fingerprint density at radius 3 is 2.11 bits per heavy atom. The minimum absolute atomic E-state index is 0.560. The van der Waals surface area contributed by atoms with Crippen molar-refractivity contribution in [1.29, 1.82) is 0 Å². The minimum Gasteiger partial charge on any atom is -0.322 e. The van der Waals surface area contributed by atoms with E-state index in [2.05, 4.69) is 4.98 Å². The molecule has 9 heavy (non-hydrogen) atoms. The number of hydrogen-bond donors (Lipinski definition) is 0. The lowest BCUT2D eigenvalue weighted by molar-refractivity contribution is 0.872. The second-order valence-corrected chi connectivity index (χ2v) is 2.45. The molecule has 0 amide bonds. The van der Waals surface area contributed by atoms with Crippen LogP contribution in [0.3, 0.4) is 0 Å². The molecule has 0 spiro atoms. The summed E-state index contributed by atoms with van der Waals surface area (Å²) in [4.78, 5) is 4.04. The summed E-state index contributed by atoms with van der Waals surface area (Å²) >= 11 is 5.69. The standard InChI is InChI=1S/C6H9ClN2/c1-4-5(2)9(3)6(7)8-4/h1-3H3. The van der Waals surface area contributed by atoms with Crippen LogP contribution < -0.4 is 0 Å². The normalized spacial score (nSPS) is 10.2. The number of nitrogens with zero attached hydrogens (tertiary/aromatic N) is 2. The second-order valence-electron chi connectivity index (χ2n) is 2.11. The van der Waals surface area contributed by atoms with E-state index in [1.54, 1.807) is 0 Å². The first kappa shape index (κ1) is 6.62. The minimum atomic E-state index is 0.560. The zero-order valence-electron chi connectivity index (χ0n) is 5.77. The van der Waals surface area contributed by atoms with Crippen molar-refractivity contribution in [3.05, 3.63) is 16.7 Å². The number of aromatic nitrogens is 2. The molecule has 3 heteroatoms. The highest BCUT2D eigenvalue weighted by atomic mass is 35.5. The lowest BCUT2D eigenvalue weighted by Crippen LogP contribution is -1.89. The van der Waals surface area contributed by atoms with Crippen LogP contribution in [0, 0.1) is 13.8 Å². The number of hydrogen-bond acceptors (Lipinski definition) is 1. The van der Waals surface area contributed by atoms with Crippen molar-refractivity contribution in [1.82, 2.24) is 9.55 Å². The van der Waals surface area contributed by atoms with E-state index < -0.39 is 0 Å². The highest BCUT2D eigenvalue weighted by Crippen LogP contribution is 2.11. The summed E-state index contributed by atoms with van der Waals surface area (Å²) in [5.74, 6) is 0. The van der Waals surface area contributed by atoms with Gasteiger partial charge in [0, 0.05) is 12.7 Å². The summed E-state index contributed by atoms with van der Waals surface area (Å²) in [7, 11) is 1.90. The molecule has 1 aromatic heterocycles. The van der Waals surface area contributed by atoms with Gasteiger partial charge in [0.05, 0.1) is 5.69 Å². The fourth-order valence-electron chi connectivity index (χ4n) is 0.675. The van der Waals surface area contributed by atoms with E-state index in [4.69, 9.17) is 11.6 Å². The van der Waals surface area contributed by atoms with E-state index >= 15 is 0 Å². The third-order valence-electron chi connectivity index (χ3n) is 1.56. The van der Waals surface area contributed by atoms with E-state index in [1.165, 1.54) is 0 Å². The molecule has 50 valence electrons. The Bertz CT molecular complexity index is 205. The highest BCUT2D eigenvalue weighted by Gasteiger charge is 2.02. The Morgan fingerprint density at radius 2 is 2.00 bits per heavy atom. The summed E-state index contributed by atoms with van der Waals surface area (Å²) < 4.78 is 1.86. The Kier molecular flexibility index (Phi) is 1.49. The van der Waals surface area contributed by atoms with Gasteiger partial charge in [0.25, 0.3) is 0 Å². The van der Waals surface area contributed by atoms with Gasteiger partial charge in [0.1, 0.15) is 0 Å². The summed E-state index contributed by atoms with van der Waals surface area (Å²) in [5.41, 5.74) is 2.13. The maximum atomic E-state index is 5.69. The van der Waals surface area contributed by atoms with Crippen LogP contribution in [0.25, 0.3) is 0 Å². The predicted octanol–water partition coefficient (Wildman–Crippen LogP) is 1.69. The molecule has 0 fully saturated rings. The fourth-order valence-corrected chi connectivity index (χ4v) is 0.929. The molecule has 2 nitrogen and oxygen atoms in total. The van der Waals surface area contributed by atoms with Crippen molar-refractivity contribution in [2.75, 3.05) is 0 Å². The average Bonchev–Trinajstić information content (AvgIpc) is 1.98. The summed E-state index contributed by atoms with van der Waals surface area (Å²) in [6, 6.07) is 0. The lowest BCUT2D eigenvalue weighted by Gasteiger charge is -1.93. The number of rotatable bonds is 0. The van der Waals surface area contributed by atoms with E-state index in [9.17, 15) is 0 Å². The van der Waals surface area contributed by atoms with Gasteiger partial charge in [-0.3, -0.25) is 0 Å². The van der Waals surface area contributed by atoms with Gasteiger partial charge in [-0.1, -0.05) is 0 Å². The third kappa shape index (κ3) is 0.944. The Hall–Kier alpha value is -0.500. The van der Waals surface area contributed by atoms with Crippen LogP contribution >= 0.6 is 11.6 Å². The molecule has 0 saturated carbocycles. The smallest absolute Gasteiger partial charge is 0.202 e. The first-order valence-electron chi connectivity index (χ1n) is 2.78. The molecule has 0 unspecified atom stereocenters. The van der Waals surface area contributed by atoms with E-state index in [-0.39, 0.29) is 0 Å². The molecular weight excluding hydrogens is 136 g/mol. The summed E-state index contributed by atoms with van der Waals surface area (Å²) in [6.45, 7) is 3.94. The molecule has 0 aliphatic carbocycles. The Labute approximate surface area is 59.5 Å². The van der Waals surface area contributed by atoms with Crippen LogP contribution in [0.5, 0.6) is 0 Å². The van der Waals surface area contributed by atoms with Gasteiger partial charge in [-0.2, -0.15) is 0 Å². The molecule has 0 aliphatic heterocycles. The highest BCUT2D eigenvalue weighted by molar-refractivity contribution is 6.28. The first-order valence-corrected chi connectivity index (χ1v) is 3.16. The van der Waals surface area contributed by atoms with Crippen molar-refractivity contribution < 1.29 is 0 Å². The molecule has 0 saturated heterocycles. The van der Waals surface area contributed by atoms with Crippen molar-refractivity contribution in [3.8, 4) is 0 Å². The molecule has 1 aromatic rings. The Balaban J connectivity index is 3.29. The molecule has 1 rings (SSSR count). The summed E-state index contributed by atoms with van der Waals surface area (Å²) in [5, 5.41) is 0.560. The molecular formula is C6H9ClN2. The fraction of sp³-hybridized carbons (Fsp3) is 0.500.